The highest BCUT2D eigenvalue weighted by molar-refractivity contribution is 5.84. The quantitative estimate of drug-likeness (QED) is 0.707. The first-order valence-corrected chi connectivity index (χ1v) is 9.83. The van der Waals surface area contributed by atoms with E-state index in [-0.39, 0.29) is 12.3 Å². The fourth-order valence-electron chi connectivity index (χ4n) is 3.99. The Morgan fingerprint density at radius 2 is 2.03 bits per heavy atom. The largest absolute Gasteiger partial charge is 0.452 e. The molecule has 0 aromatic carbocycles. The molecule has 0 N–H and O–H groups in total. The summed E-state index contributed by atoms with van der Waals surface area (Å²) >= 11 is 0. The monoisotopic (exact) mass is 398 g/mol. The van der Waals surface area contributed by atoms with Gasteiger partial charge in [0.15, 0.2) is 6.10 Å². The standard InChI is InChI=1S/C20H26N6O3/c1-13-16(14(2)26-19(24-13)22-12-23-26)10-17(27)29-15(3)18(28)25(4)20(11-21)8-6-5-7-9-20/h12,15H,5-10H2,1-4H3/t15-/m1/s1. The number of hydrogen-bond acceptors (Lipinski definition) is 7. The van der Waals surface area contributed by atoms with Gasteiger partial charge in [0.1, 0.15) is 11.9 Å². The van der Waals surface area contributed by atoms with Crippen molar-refractivity contribution < 1.29 is 14.3 Å². The fourth-order valence-corrected chi connectivity index (χ4v) is 3.99. The minimum Gasteiger partial charge on any atom is -0.452 e. The van der Waals surface area contributed by atoms with Crippen LogP contribution in [0.1, 0.15) is 56.0 Å². The van der Waals surface area contributed by atoms with Gasteiger partial charge in [-0.1, -0.05) is 19.3 Å². The molecule has 0 spiro atoms. The van der Waals surface area contributed by atoms with E-state index in [9.17, 15) is 14.9 Å². The molecule has 29 heavy (non-hydrogen) atoms. The van der Waals surface area contributed by atoms with Crippen LogP contribution in [0.3, 0.4) is 0 Å². The molecular weight excluding hydrogens is 372 g/mol. The van der Waals surface area contributed by atoms with Crippen LogP contribution < -0.4 is 0 Å². The zero-order valence-corrected chi connectivity index (χ0v) is 17.3. The lowest BCUT2D eigenvalue weighted by atomic mass is 9.81. The molecule has 0 unspecified atom stereocenters. The van der Waals surface area contributed by atoms with Crippen LogP contribution in [0, 0.1) is 25.2 Å². The van der Waals surface area contributed by atoms with E-state index in [0.29, 0.717) is 29.9 Å². The molecule has 154 valence electrons. The molecule has 0 aliphatic heterocycles. The Morgan fingerprint density at radius 3 is 2.69 bits per heavy atom. The van der Waals surface area contributed by atoms with Crippen LogP contribution in [0.5, 0.6) is 0 Å². The van der Waals surface area contributed by atoms with Gasteiger partial charge in [0.2, 0.25) is 0 Å². The average molecular weight is 398 g/mol. The van der Waals surface area contributed by atoms with Crippen LogP contribution in [0.15, 0.2) is 6.33 Å². The van der Waals surface area contributed by atoms with Crippen LogP contribution in [0.2, 0.25) is 0 Å². The molecule has 0 saturated heterocycles. The Bertz CT molecular complexity index is 970. The molecule has 1 aliphatic rings. The summed E-state index contributed by atoms with van der Waals surface area (Å²) in [6.45, 7) is 5.18. The Morgan fingerprint density at radius 1 is 1.34 bits per heavy atom. The molecular formula is C20H26N6O3. The van der Waals surface area contributed by atoms with Gasteiger partial charge in [-0.3, -0.25) is 9.59 Å². The number of amides is 1. The van der Waals surface area contributed by atoms with Gasteiger partial charge in [0, 0.05) is 24.0 Å². The van der Waals surface area contributed by atoms with E-state index in [1.54, 1.807) is 25.4 Å². The number of aromatic nitrogens is 4. The Kier molecular flexibility index (Phi) is 5.82. The number of carbonyl (C=O) groups excluding carboxylic acids is 2. The first-order valence-electron chi connectivity index (χ1n) is 9.83. The molecule has 1 saturated carbocycles. The van der Waals surface area contributed by atoms with Crippen molar-refractivity contribution in [3.63, 3.8) is 0 Å². The molecule has 1 atom stereocenters. The predicted octanol–water partition coefficient (Wildman–Crippen LogP) is 1.90. The third-order valence-corrected chi connectivity index (χ3v) is 5.83. The molecule has 2 aromatic rings. The van der Waals surface area contributed by atoms with E-state index < -0.39 is 17.6 Å². The van der Waals surface area contributed by atoms with Crippen molar-refractivity contribution >= 4 is 17.7 Å². The van der Waals surface area contributed by atoms with E-state index in [1.165, 1.54) is 11.2 Å². The van der Waals surface area contributed by atoms with Crippen LogP contribution in [0.4, 0.5) is 0 Å². The van der Waals surface area contributed by atoms with Gasteiger partial charge in [-0.15, -0.1) is 0 Å². The number of aryl methyl sites for hydroxylation is 2. The highest BCUT2D eigenvalue weighted by Gasteiger charge is 2.40. The lowest BCUT2D eigenvalue weighted by molar-refractivity contribution is -0.160. The molecule has 9 heteroatoms. The first kappa shape index (κ1) is 20.7. The smallest absolute Gasteiger partial charge is 0.311 e. The van der Waals surface area contributed by atoms with Gasteiger partial charge in [-0.25, -0.2) is 9.50 Å². The first-order chi connectivity index (χ1) is 13.8. The molecule has 1 fully saturated rings. The van der Waals surface area contributed by atoms with Crippen LogP contribution in [0.25, 0.3) is 5.78 Å². The summed E-state index contributed by atoms with van der Waals surface area (Å²) in [4.78, 5) is 35.2. The number of esters is 1. The Labute approximate surface area is 169 Å². The number of likely N-dealkylation sites (N-methyl/N-ethyl adjacent to an activating group) is 1. The van der Waals surface area contributed by atoms with E-state index in [0.717, 1.165) is 25.0 Å². The minimum absolute atomic E-state index is 0.0226. The highest BCUT2D eigenvalue weighted by atomic mass is 16.5. The van der Waals surface area contributed by atoms with Gasteiger partial charge in [0.05, 0.1) is 12.5 Å². The van der Waals surface area contributed by atoms with Crippen LogP contribution in [-0.4, -0.2) is 55.0 Å². The number of nitriles is 1. The van der Waals surface area contributed by atoms with Gasteiger partial charge in [-0.2, -0.15) is 15.3 Å². The molecule has 1 amide bonds. The van der Waals surface area contributed by atoms with Crippen molar-refractivity contribution in [2.24, 2.45) is 0 Å². The summed E-state index contributed by atoms with van der Waals surface area (Å²) in [5, 5.41) is 13.8. The van der Waals surface area contributed by atoms with E-state index in [2.05, 4.69) is 21.1 Å². The van der Waals surface area contributed by atoms with Crippen molar-refractivity contribution in [3.05, 3.63) is 23.3 Å². The van der Waals surface area contributed by atoms with Crippen molar-refractivity contribution in [1.29, 1.82) is 5.26 Å². The number of hydrogen-bond donors (Lipinski definition) is 0. The molecule has 3 rings (SSSR count). The lowest BCUT2D eigenvalue weighted by Crippen LogP contribution is -2.53. The molecule has 2 heterocycles. The maximum Gasteiger partial charge on any atom is 0.311 e. The zero-order valence-electron chi connectivity index (χ0n) is 17.3. The summed E-state index contributed by atoms with van der Waals surface area (Å²) in [6.07, 6.45) is 4.60. The number of ether oxygens (including phenoxy) is 1. The third kappa shape index (κ3) is 3.92. The number of carbonyl (C=O) groups is 2. The summed E-state index contributed by atoms with van der Waals surface area (Å²) in [5.74, 6) is -0.418. The van der Waals surface area contributed by atoms with Gasteiger partial charge >= 0.3 is 5.97 Å². The Balaban J connectivity index is 1.69. The number of nitrogens with zero attached hydrogens (tertiary/aromatic N) is 6. The van der Waals surface area contributed by atoms with Crippen molar-refractivity contribution in [1.82, 2.24) is 24.5 Å². The maximum atomic E-state index is 12.8. The van der Waals surface area contributed by atoms with E-state index in [1.807, 2.05) is 6.92 Å². The van der Waals surface area contributed by atoms with Crippen molar-refractivity contribution in [3.8, 4) is 6.07 Å². The molecule has 0 radical (unpaired) electrons. The summed E-state index contributed by atoms with van der Waals surface area (Å²) in [7, 11) is 1.62. The maximum absolute atomic E-state index is 12.8. The second-order valence-electron chi connectivity index (χ2n) is 7.64. The second-order valence-corrected chi connectivity index (χ2v) is 7.64. The van der Waals surface area contributed by atoms with Crippen LogP contribution in [-0.2, 0) is 20.7 Å². The number of rotatable bonds is 5. The topological polar surface area (TPSA) is 113 Å². The molecule has 1 aliphatic carbocycles. The minimum atomic E-state index is -0.969. The zero-order chi connectivity index (χ0) is 21.2. The van der Waals surface area contributed by atoms with Gasteiger partial charge in [-0.05, 0) is 33.6 Å². The molecule has 9 nitrogen and oxygen atoms in total. The summed E-state index contributed by atoms with van der Waals surface area (Å²) < 4.78 is 6.98. The Hall–Kier alpha value is -3.02. The third-order valence-electron chi connectivity index (χ3n) is 5.83. The predicted molar refractivity (Wildman–Crippen MR) is 104 cm³/mol. The summed E-state index contributed by atoms with van der Waals surface area (Å²) in [6, 6.07) is 2.32. The van der Waals surface area contributed by atoms with Crippen LogP contribution >= 0.6 is 0 Å². The summed E-state index contributed by atoms with van der Waals surface area (Å²) in [5.41, 5.74) is 1.30. The van der Waals surface area contributed by atoms with Gasteiger partial charge < -0.3 is 9.64 Å². The molecule has 2 aromatic heterocycles. The van der Waals surface area contributed by atoms with Crippen molar-refractivity contribution in [2.45, 2.75) is 70.9 Å². The fraction of sp³-hybridized carbons (Fsp3) is 0.600. The average Bonchev–Trinajstić information content (AvgIpc) is 3.18. The second kappa shape index (κ2) is 8.15. The highest BCUT2D eigenvalue weighted by Crippen LogP contribution is 2.33. The van der Waals surface area contributed by atoms with Gasteiger partial charge in [0.25, 0.3) is 11.7 Å². The SMILES string of the molecule is Cc1nc2ncnn2c(C)c1CC(=O)O[C@H](C)C(=O)N(C)C1(C#N)CCCCC1. The normalized spacial score (nSPS) is 16.8. The molecule has 0 bridgehead atoms. The van der Waals surface area contributed by atoms with Crippen molar-refractivity contribution in [2.75, 3.05) is 7.05 Å². The van der Waals surface area contributed by atoms with E-state index >= 15 is 0 Å². The number of fused-ring (bicyclic) bond motifs is 1. The lowest BCUT2D eigenvalue weighted by Gasteiger charge is -2.39. The van der Waals surface area contributed by atoms with E-state index in [4.69, 9.17) is 4.74 Å².